The van der Waals surface area contributed by atoms with E-state index in [1.54, 1.807) is 0 Å². The van der Waals surface area contributed by atoms with Crippen LogP contribution >= 0.6 is 0 Å². The van der Waals surface area contributed by atoms with Crippen LogP contribution in [-0.4, -0.2) is 44.1 Å². The highest BCUT2D eigenvalue weighted by Gasteiger charge is 2.24. The van der Waals surface area contributed by atoms with Gasteiger partial charge in [-0.15, -0.1) is 0 Å². The van der Waals surface area contributed by atoms with E-state index in [1.807, 2.05) is 20.8 Å². The summed E-state index contributed by atoms with van der Waals surface area (Å²) in [6.45, 7) is 6.41. The molecule has 0 unspecified atom stereocenters. The Morgan fingerprint density at radius 1 is 1.53 bits per heavy atom. The lowest BCUT2D eigenvalue weighted by Gasteiger charge is -2.30. The molecule has 0 aromatic heterocycles. The molecule has 0 aromatic carbocycles. The first-order valence-electron chi connectivity index (χ1n) is 6.59. The van der Waals surface area contributed by atoms with Crippen molar-refractivity contribution in [2.45, 2.75) is 51.4 Å². The summed E-state index contributed by atoms with van der Waals surface area (Å²) in [7, 11) is -0.0422. The Hall–Kier alpha value is -0.810. The SMILES string of the molecule is [2H]COC[C@@H]1CC[C@@H](NC(=O)OC(C)(C)C)CO1. The third-order valence-electron chi connectivity index (χ3n) is 2.39. The highest BCUT2D eigenvalue weighted by Crippen LogP contribution is 2.14. The number of nitrogens with one attached hydrogen (secondary N) is 1. The maximum atomic E-state index is 11.5. The molecule has 2 atom stereocenters. The lowest BCUT2D eigenvalue weighted by Crippen LogP contribution is -2.45. The summed E-state index contributed by atoms with van der Waals surface area (Å²) in [4.78, 5) is 11.5. The Morgan fingerprint density at radius 2 is 2.29 bits per heavy atom. The van der Waals surface area contributed by atoms with Crippen molar-refractivity contribution in [1.82, 2.24) is 5.32 Å². The van der Waals surface area contributed by atoms with Gasteiger partial charge < -0.3 is 19.5 Å². The van der Waals surface area contributed by atoms with Crippen LogP contribution < -0.4 is 5.32 Å². The summed E-state index contributed by atoms with van der Waals surface area (Å²) in [5.41, 5.74) is -0.482. The third-order valence-corrected chi connectivity index (χ3v) is 2.39. The van der Waals surface area contributed by atoms with E-state index < -0.39 is 11.7 Å². The van der Waals surface area contributed by atoms with Crippen LogP contribution in [0.1, 0.15) is 35.0 Å². The van der Waals surface area contributed by atoms with Gasteiger partial charge in [0, 0.05) is 7.09 Å². The van der Waals surface area contributed by atoms with Crippen LogP contribution in [0.15, 0.2) is 0 Å². The van der Waals surface area contributed by atoms with Gasteiger partial charge in [-0.25, -0.2) is 4.79 Å². The van der Waals surface area contributed by atoms with Crippen molar-refractivity contribution in [3.05, 3.63) is 0 Å². The zero-order chi connectivity index (χ0) is 13.6. The van der Waals surface area contributed by atoms with Crippen molar-refractivity contribution in [2.75, 3.05) is 20.3 Å². The van der Waals surface area contributed by atoms with Gasteiger partial charge in [0.25, 0.3) is 0 Å². The summed E-state index contributed by atoms with van der Waals surface area (Å²) >= 11 is 0. The molecule has 1 saturated heterocycles. The zero-order valence-electron chi connectivity index (χ0n) is 11.8. The van der Waals surface area contributed by atoms with E-state index >= 15 is 0 Å². The maximum absolute atomic E-state index is 11.5. The largest absolute Gasteiger partial charge is 0.444 e. The van der Waals surface area contributed by atoms with Gasteiger partial charge in [-0.3, -0.25) is 0 Å². The molecule has 1 aliphatic heterocycles. The molecule has 100 valence electrons. The highest BCUT2D eigenvalue weighted by molar-refractivity contribution is 5.68. The van der Waals surface area contributed by atoms with Crippen LogP contribution in [0.5, 0.6) is 0 Å². The van der Waals surface area contributed by atoms with Gasteiger partial charge >= 0.3 is 6.09 Å². The summed E-state index contributed by atoms with van der Waals surface area (Å²) < 4.78 is 22.6. The molecule has 1 aliphatic rings. The summed E-state index contributed by atoms with van der Waals surface area (Å²) in [6, 6.07) is -0.00731. The Balaban J connectivity index is 2.21. The van der Waals surface area contributed by atoms with E-state index in [0.29, 0.717) is 13.2 Å². The second-order valence-electron chi connectivity index (χ2n) is 5.25. The fraction of sp³-hybridized carbons (Fsp3) is 0.917. The van der Waals surface area contributed by atoms with Crippen molar-refractivity contribution < 1.29 is 20.4 Å². The van der Waals surface area contributed by atoms with E-state index in [9.17, 15) is 4.79 Å². The zero-order valence-corrected chi connectivity index (χ0v) is 10.8. The van der Waals surface area contributed by atoms with Crippen LogP contribution in [0.3, 0.4) is 0 Å². The molecule has 0 aliphatic carbocycles. The Bertz CT molecular complexity index is 259. The van der Waals surface area contributed by atoms with Gasteiger partial charge in [0.2, 0.25) is 0 Å². The first-order valence-corrected chi connectivity index (χ1v) is 5.89. The Kier molecular flexibility index (Phi) is 4.62. The molecule has 1 heterocycles. The minimum Gasteiger partial charge on any atom is -0.444 e. The highest BCUT2D eigenvalue weighted by atomic mass is 16.6. The van der Waals surface area contributed by atoms with Crippen LogP contribution in [0, 0.1) is 0 Å². The van der Waals surface area contributed by atoms with Crippen LogP contribution in [0.4, 0.5) is 4.79 Å². The van der Waals surface area contributed by atoms with Gasteiger partial charge in [0.15, 0.2) is 0 Å². The Labute approximate surface area is 104 Å². The number of hydrogen-bond donors (Lipinski definition) is 1. The molecule has 1 N–H and O–H groups in total. The number of ether oxygens (including phenoxy) is 3. The van der Waals surface area contributed by atoms with Crippen molar-refractivity contribution in [3.63, 3.8) is 0 Å². The number of methoxy groups -OCH3 is 1. The first-order chi connectivity index (χ1) is 8.40. The van der Waals surface area contributed by atoms with Crippen LogP contribution in [0.2, 0.25) is 0 Å². The van der Waals surface area contributed by atoms with E-state index in [4.69, 9.17) is 15.6 Å². The minimum atomic E-state index is -0.482. The van der Waals surface area contributed by atoms with Crippen LogP contribution in [0.25, 0.3) is 0 Å². The fourth-order valence-electron chi connectivity index (χ4n) is 1.66. The van der Waals surface area contributed by atoms with Crippen molar-refractivity contribution >= 4 is 6.09 Å². The number of carbonyl (C=O) groups is 1. The van der Waals surface area contributed by atoms with E-state index in [-0.39, 0.29) is 19.2 Å². The second-order valence-corrected chi connectivity index (χ2v) is 5.25. The maximum Gasteiger partial charge on any atom is 0.407 e. The number of carbonyl (C=O) groups excluding carboxylic acids is 1. The summed E-state index contributed by atoms with van der Waals surface area (Å²) in [6.07, 6.45) is 1.29. The number of hydrogen-bond acceptors (Lipinski definition) is 4. The number of amides is 1. The van der Waals surface area contributed by atoms with Gasteiger partial charge in [0.05, 0.1) is 26.7 Å². The van der Waals surface area contributed by atoms with E-state index in [2.05, 4.69) is 5.32 Å². The van der Waals surface area contributed by atoms with Crippen LogP contribution in [-0.2, 0) is 14.2 Å². The average molecular weight is 246 g/mol. The average Bonchev–Trinajstić information content (AvgIpc) is 2.25. The van der Waals surface area contributed by atoms with Crippen molar-refractivity contribution in [1.29, 1.82) is 0 Å². The molecule has 0 aromatic rings. The summed E-state index contributed by atoms with van der Waals surface area (Å²) in [5, 5.41) is 2.79. The first kappa shape index (κ1) is 12.6. The molecule has 0 radical (unpaired) electrons. The van der Waals surface area contributed by atoms with E-state index in [1.165, 1.54) is 0 Å². The molecular weight excluding hydrogens is 222 g/mol. The molecule has 1 rings (SSSR count). The Morgan fingerprint density at radius 3 is 2.82 bits per heavy atom. The lowest BCUT2D eigenvalue weighted by atomic mass is 10.1. The van der Waals surface area contributed by atoms with E-state index in [0.717, 1.165) is 12.8 Å². The lowest BCUT2D eigenvalue weighted by molar-refractivity contribution is -0.0431. The third kappa shape index (κ3) is 5.89. The van der Waals surface area contributed by atoms with Crippen molar-refractivity contribution in [3.8, 4) is 0 Å². The van der Waals surface area contributed by atoms with Gasteiger partial charge in [-0.2, -0.15) is 0 Å². The molecular formula is C12H23NO4. The van der Waals surface area contributed by atoms with Gasteiger partial charge in [-0.05, 0) is 33.6 Å². The van der Waals surface area contributed by atoms with Gasteiger partial charge in [-0.1, -0.05) is 0 Å². The summed E-state index contributed by atoms with van der Waals surface area (Å²) in [5.74, 6) is 0. The minimum absolute atomic E-state index is 0.00731. The van der Waals surface area contributed by atoms with Gasteiger partial charge in [0.1, 0.15) is 5.60 Å². The monoisotopic (exact) mass is 246 g/mol. The second kappa shape index (κ2) is 6.21. The molecule has 0 saturated carbocycles. The molecule has 0 spiro atoms. The quantitative estimate of drug-likeness (QED) is 0.823. The number of alkyl carbamates (subject to hydrolysis) is 1. The standard InChI is InChI=1S/C12H23NO4/c1-12(2,3)17-11(14)13-9-5-6-10(8-15-4)16-7-9/h9-10H,5-8H2,1-4H3,(H,13,14)/t9-,10+/m1/s1/i4D. The predicted octanol–water partition coefficient (Wildman–Crippen LogP) is 1.71. The normalized spacial score (nSPS) is 26.2. The molecule has 0 bridgehead atoms. The molecule has 5 heteroatoms. The topological polar surface area (TPSA) is 56.8 Å². The van der Waals surface area contributed by atoms with Crippen molar-refractivity contribution in [2.24, 2.45) is 0 Å². The molecule has 1 fully saturated rings. The smallest absolute Gasteiger partial charge is 0.407 e. The molecule has 1 amide bonds. The molecule has 17 heavy (non-hydrogen) atoms. The molecule has 5 nitrogen and oxygen atoms in total. The number of rotatable bonds is 3. The predicted molar refractivity (Wildman–Crippen MR) is 64.0 cm³/mol. The fourth-order valence-corrected chi connectivity index (χ4v) is 1.66.